The summed E-state index contributed by atoms with van der Waals surface area (Å²) in [5.41, 5.74) is 0.517. The first-order chi connectivity index (χ1) is 11.2. The summed E-state index contributed by atoms with van der Waals surface area (Å²) in [5.74, 6) is -0.391. The molecule has 1 aromatic rings. The number of carbonyl (C=O) groups is 2. The van der Waals surface area contributed by atoms with Gasteiger partial charge in [-0.15, -0.1) is 0 Å². The van der Waals surface area contributed by atoms with Crippen molar-refractivity contribution in [3.8, 4) is 0 Å². The molecule has 1 aliphatic carbocycles. The van der Waals surface area contributed by atoms with Gasteiger partial charge in [-0.2, -0.15) is 0 Å². The lowest BCUT2D eigenvalue weighted by molar-refractivity contribution is -0.157. The van der Waals surface area contributed by atoms with Crippen molar-refractivity contribution in [1.82, 2.24) is 0 Å². The van der Waals surface area contributed by atoms with Crippen LogP contribution in [0.25, 0.3) is 0 Å². The molecule has 1 saturated carbocycles. The molecule has 2 rings (SSSR count). The Bertz CT molecular complexity index is 491. The molecule has 0 aromatic heterocycles. The van der Waals surface area contributed by atoms with E-state index in [2.05, 4.69) is 6.92 Å². The van der Waals surface area contributed by atoms with E-state index in [1.54, 1.807) is 0 Å². The van der Waals surface area contributed by atoms with Gasteiger partial charge in [0, 0.05) is 6.42 Å². The van der Waals surface area contributed by atoms with E-state index in [1.165, 1.54) is 0 Å². The summed E-state index contributed by atoms with van der Waals surface area (Å²) in [6.45, 7) is 2.88. The summed E-state index contributed by atoms with van der Waals surface area (Å²) < 4.78 is 10.9. The minimum atomic E-state index is -0.465. The van der Waals surface area contributed by atoms with Gasteiger partial charge in [0.2, 0.25) is 0 Å². The topological polar surface area (TPSA) is 52.6 Å². The second-order valence-corrected chi connectivity index (χ2v) is 6.39. The second kappa shape index (κ2) is 8.70. The quantitative estimate of drug-likeness (QED) is 0.510. The van der Waals surface area contributed by atoms with E-state index in [1.807, 2.05) is 30.3 Å². The summed E-state index contributed by atoms with van der Waals surface area (Å²) >= 11 is 0. The molecular weight excluding hydrogens is 292 g/mol. The predicted molar refractivity (Wildman–Crippen MR) is 87.6 cm³/mol. The first-order valence-corrected chi connectivity index (χ1v) is 8.51. The molecule has 0 aliphatic heterocycles. The summed E-state index contributed by atoms with van der Waals surface area (Å²) in [5, 5.41) is 0. The van der Waals surface area contributed by atoms with Gasteiger partial charge in [0.05, 0.1) is 5.92 Å². The fourth-order valence-corrected chi connectivity index (χ4v) is 3.44. The molecule has 1 aliphatic rings. The smallest absolute Gasteiger partial charge is 0.309 e. The number of carbonyl (C=O) groups excluding carboxylic acids is 2. The van der Waals surface area contributed by atoms with Crippen LogP contribution in [-0.4, -0.2) is 18.0 Å². The maximum absolute atomic E-state index is 12.5. The highest BCUT2D eigenvalue weighted by molar-refractivity contribution is 5.72. The SMILES string of the molecule is CCC[C@@H](CC1(OC=O)CCCC1)C(=O)OCc1ccccc1. The van der Waals surface area contributed by atoms with Crippen molar-refractivity contribution in [2.24, 2.45) is 5.92 Å². The third kappa shape index (κ3) is 5.08. The van der Waals surface area contributed by atoms with Crippen molar-refractivity contribution in [2.75, 3.05) is 0 Å². The van der Waals surface area contributed by atoms with Crippen LogP contribution in [0, 0.1) is 5.92 Å². The van der Waals surface area contributed by atoms with E-state index in [4.69, 9.17) is 9.47 Å². The van der Waals surface area contributed by atoms with Gasteiger partial charge in [0.1, 0.15) is 12.2 Å². The Morgan fingerprint density at radius 1 is 1.26 bits per heavy atom. The van der Waals surface area contributed by atoms with E-state index in [9.17, 15) is 9.59 Å². The minimum Gasteiger partial charge on any atom is -0.461 e. The van der Waals surface area contributed by atoms with Crippen LogP contribution in [0.1, 0.15) is 57.4 Å². The zero-order chi connectivity index (χ0) is 16.5. The predicted octanol–water partition coefficient (Wildman–Crippen LogP) is 4.02. The molecule has 0 heterocycles. The largest absolute Gasteiger partial charge is 0.461 e. The molecule has 0 amide bonds. The zero-order valence-electron chi connectivity index (χ0n) is 13.8. The highest BCUT2D eigenvalue weighted by Gasteiger charge is 2.40. The molecule has 0 spiro atoms. The lowest BCUT2D eigenvalue weighted by Crippen LogP contribution is -2.34. The first kappa shape index (κ1) is 17.5. The highest BCUT2D eigenvalue weighted by Crippen LogP contribution is 2.39. The van der Waals surface area contributed by atoms with Crippen LogP contribution in [-0.2, 0) is 25.7 Å². The van der Waals surface area contributed by atoms with E-state index in [0.717, 1.165) is 44.1 Å². The Kier molecular flexibility index (Phi) is 6.63. The van der Waals surface area contributed by atoms with Crippen molar-refractivity contribution in [3.05, 3.63) is 35.9 Å². The third-order valence-corrected chi connectivity index (χ3v) is 4.63. The molecule has 0 N–H and O–H groups in total. The number of hydrogen-bond donors (Lipinski definition) is 0. The van der Waals surface area contributed by atoms with Gasteiger partial charge in [-0.1, -0.05) is 43.7 Å². The number of hydrogen-bond acceptors (Lipinski definition) is 4. The molecule has 1 atom stereocenters. The molecule has 4 heteroatoms. The van der Waals surface area contributed by atoms with Crippen molar-refractivity contribution in [2.45, 2.75) is 64.1 Å². The zero-order valence-corrected chi connectivity index (χ0v) is 13.8. The fraction of sp³-hybridized carbons (Fsp3) is 0.579. The lowest BCUT2D eigenvalue weighted by atomic mass is 9.86. The normalized spacial score (nSPS) is 17.4. The summed E-state index contributed by atoms with van der Waals surface area (Å²) in [4.78, 5) is 23.3. The number of rotatable bonds is 9. The molecule has 0 bridgehead atoms. The van der Waals surface area contributed by atoms with Crippen LogP contribution >= 0.6 is 0 Å². The molecular formula is C19H26O4. The Morgan fingerprint density at radius 3 is 2.57 bits per heavy atom. The molecule has 23 heavy (non-hydrogen) atoms. The van der Waals surface area contributed by atoms with Crippen LogP contribution < -0.4 is 0 Å². The van der Waals surface area contributed by atoms with Crippen molar-refractivity contribution in [3.63, 3.8) is 0 Å². The number of esters is 1. The molecule has 0 radical (unpaired) electrons. The Balaban J connectivity index is 1.96. The molecule has 126 valence electrons. The van der Waals surface area contributed by atoms with E-state index < -0.39 is 5.60 Å². The van der Waals surface area contributed by atoms with E-state index in [-0.39, 0.29) is 11.9 Å². The van der Waals surface area contributed by atoms with Gasteiger partial charge in [0.25, 0.3) is 6.47 Å². The van der Waals surface area contributed by atoms with Crippen LogP contribution in [0.15, 0.2) is 30.3 Å². The Morgan fingerprint density at radius 2 is 1.96 bits per heavy atom. The van der Waals surface area contributed by atoms with E-state index in [0.29, 0.717) is 19.5 Å². The molecule has 0 saturated heterocycles. The van der Waals surface area contributed by atoms with Crippen LogP contribution in [0.2, 0.25) is 0 Å². The Labute approximate surface area is 138 Å². The average Bonchev–Trinajstić information content (AvgIpc) is 3.02. The Hall–Kier alpha value is -1.84. The third-order valence-electron chi connectivity index (χ3n) is 4.63. The van der Waals surface area contributed by atoms with Crippen LogP contribution in [0.3, 0.4) is 0 Å². The van der Waals surface area contributed by atoms with Crippen LogP contribution in [0.5, 0.6) is 0 Å². The summed E-state index contributed by atoms with van der Waals surface area (Å²) in [6.07, 6.45) is 6.03. The molecule has 0 unspecified atom stereocenters. The lowest BCUT2D eigenvalue weighted by Gasteiger charge is -2.30. The van der Waals surface area contributed by atoms with Gasteiger partial charge in [-0.3, -0.25) is 9.59 Å². The number of benzene rings is 1. The maximum atomic E-state index is 12.5. The monoisotopic (exact) mass is 318 g/mol. The highest BCUT2D eigenvalue weighted by atomic mass is 16.5. The van der Waals surface area contributed by atoms with Gasteiger partial charge in [-0.05, 0) is 37.7 Å². The fourth-order valence-electron chi connectivity index (χ4n) is 3.44. The molecule has 4 nitrogen and oxygen atoms in total. The second-order valence-electron chi connectivity index (χ2n) is 6.39. The van der Waals surface area contributed by atoms with Crippen molar-refractivity contribution in [1.29, 1.82) is 0 Å². The number of ether oxygens (including phenoxy) is 2. The first-order valence-electron chi connectivity index (χ1n) is 8.51. The van der Waals surface area contributed by atoms with Gasteiger partial charge in [-0.25, -0.2) is 0 Å². The summed E-state index contributed by atoms with van der Waals surface area (Å²) in [7, 11) is 0. The van der Waals surface area contributed by atoms with E-state index >= 15 is 0 Å². The van der Waals surface area contributed by atoms with Crippen molar-refractivity contribution >= 4 is 12.4 Å². The molecule has 1 fully saturated rings. The van der Waals surface area contributed by atoms with Crippen LogP contribution in [0.4, 0.5) is 0 Å². The minimum absolute atomic E-state index is 0.184. The van der Waals surface area contributed by atoms with Gasteiger partial charge in [0.15, 0.2) is 0 Å². The molecule has 1 aromatic carbocycles. The van der Waals surface area contributed by atoms with Crippen molar-refractivity contribution < 1.29 is 19.1 Å². The summed E-state index contributed by atoms with van der Waals surface area (Å²) in [6, 6.07) is 9.67. The maximum Gasteiger partial charge on any atom is 0.309 e. The van der Waals surface area contributed by atoms with Gasteiger partial charge < -0.3 is 9.47 Å². The standard InChI is InChI=1S/C19H26O4/c1-2-8-17(13-19(23-15-20)11-6-7-12-19)18(21)22-14-16-9-4-3-5-10-16/h3-5,9-10,15,17H,2,6-8,11-14H2,1H3/t17-/m0/s1. The average molecular weight is 318 g/mol. The van der Waals surface area contributed by atoms with Gasteiger partial charge >= 0.3 is 5.97 Å².